The number of rotatable bonds is 4. The summed E-state index contributed by atoms with van der Waals surface area (Å²) in [6.07, 6.45) is 3.44. The fourth-order valence-electron chi connectivity index (χ4n) is 3.80. The number of carbonyl (C=O) groups is 3. The Hall–Kier alpha value is -3.52. The number of fused-ring (bicyclic) bond motifs is 2. The number of thiophene rings is 1. The Morgan fingerprint density at radius 3 is 2.72 bits per heavy atom. The molecule has 8 heteroatoms. The van der Waals surface area contributed by atoms with Crippen LogP contribution in [0.3, 0.4) is 0 Å². The van der Waals surface area contributed by atoms with E-state index in [9.17, 15) is 14.4 Å². The van der Waals surface area contributed by atoms with Gasteiger partial charge in [-0.15, -0.1) is 11.3 Å². The van der Waals surface area contributed by atoms with Gasteiger partial charge in [0.05, 0.1) is 16.8 Å². The fraction of sp³-hybridized carbons (Fsp3) is 0.250. The minimum absolute atomic E-state index is 0.432. The van der Waals surface area contributed by atoms with E-state index in [1.54, 1.807) is 11.3 Å². The van der Waals surface area contributed by atoms with E-state index < -0.39 is 24.0 Å². The summed E-state index contributed by atoms with van der Waals surface area (Å²) in [6, 6.07) is 10.8. The van der Waals surface area contributed by atoms with Gasteiger partial charge in [0, 0.05) is 17.3 Å². The first-order valence-electron chi connectivity index (χ1n) is 10.4. The number of aromatic nitrogens is 1. The third-order valence-electron chi connectivity index (χ3n) is 5.35. The van der Waals surface area contributed by atoms with E-state index in [0.717, 1.165) is 34.5 Å². The number of benzene rings is 1. The van der Waals surface area contributed by atoms with Crippen LogP contribution in [0.2, 0.25) is 0 Å². The third-order valence-corrected chi connectivity index (χ3v) is 6.17. The molecule has 1 atom stereocenters. The summed E-state index contributed by atoms with van der Waals surface area (Å²) in [5.74, 6) is -1.29. The van der Waals surface area contributed by atoms with Crippen LogP contribution in [0.25, 0.3) is 22.6 Å². The summed E-state index contributed by atoms with van der Waals surface area (Å²) < 4.78 is 5.48. The molecular formula is C24H23N3O4S. The van der Waals surface area contributed by atoms with Gasteiger partial charge in [-0.2, -0.15) is 0 Å². The third kappa shape index (κ3) is 4.40. The number of nitrogens with zero attached hydrogens (tertiary/aromatic N) is 1. The van der Waals surface area contributed by atoms with E-state index in [1.807, 2.05) is 35.7 Å². The van der Waals surface area contributed by atoms with Gasteiger partial charge < -0.3 is 10.1 Å². The molecule has 0 spiro atoms. The maximum absolute atomic E-state index is 13.3. The zero-order valence-electron chi connectivity index (χ0n) is 17.8. The lowest BCUT2D eigenvalue weighted by atomic mass is 9.86. The summed E-state index contributed by atoms with van der Waals surface area (Å²) in [7, 11) is 1.40. The monoisotopic (exact) mass is 449 g/mol. The number of nitrogens with one attached hydrogen (secondary N) is 2. The minimum Gasteiger partial charge on any atom is -0.449 e. The van der Waals surface area contributed by atoms with E-state index in [0.29, 0.717) is 22.9 Å². The average molecular weight is 450 g/mol. The molecule has 164 valence electrons. The van der Waals surface area contributed by atoms with Crippen LogP contribution >= 0.6 is 11.3 Å². The number of pyridine rings is 1. The van der Waals surface area contributed by atoms with E-state index in [-0.39, 0.29) is 0 Å². The van der Waals surface area contributed by atoms with Crippen LogP contribution in [0, 0.1) is 0 Å². The summed E-state index contributed by atoms with van der Waals surface area (Å²) in [5, 5.41) is 7.14. The molecule has 3 aromatic rings. The number of carbonyl (C=O) groups excluding carboxylic acids is 3. The number of esters is 1. The fourth-order valence-corrected chi connectivity index (χ4v) is 4.48. The first-order valence-corrected chi connectivity index (χ1v) is 11.3. The lowest BCUT2D eigenvalue weighted by Crippen LogP contribution is -2.43. The van der Waals surface area contributed by atoms with E-state index in [1.165, 1.54) is 14.0 Å². The molecule has 2 heterocycles. The van der Waals surface area contributed by atoms with E-state index in [2.05, 4.69) is 22.8 Å². The van der Waals surface area contributed by atoms with Gasteiger partial charge in [-0.05, 0) is 60.9 Å². The summed E-state index contributed by atoms with van der Waals surface area (Å²) in [5.41, 5.74) is 3.85. The zero-order chi connectivity index (χ0) is 22.7. The van der Waals surface area contributed by atoms with Gasteiger partial charge in [-0.25, -0.2) is 14.6 Å². The molecule has 1 aromatic carbocycles. The van der Waals surface area contributed by atoms with Gasteiger partial charge >= 0.3 is 12.0 Å². The number of amides is 3. The minimum atomic E-state index is -1.13. The molecule has 2 N–H and O–H groups in total. The Morgan fingerprint density at radius 1 is 1.16 bits per heavy atom. The number of para-hydroxylation sites is 1. The Morgan fingerprint density at radius 2 is 1.97 bits per heavy atom. The standard InChI is InChI=1S/C24H23N3O4S/c1-14(22(28)27-24(30)25-2)31-23(29)20-17-9-3-4-11-19(17)26-21-15(7-5-10-18(20)21)13-16-8-6-12-32-16/h3-4,6,8-9,11-14H,5,7,10H2,1-2H3,(H2,25,27,28,30)/b15-13-. The van der Waals surface area contributed by atoms with Crippen molar-refractivity contribution in [3.63, 3.8) is 0 Å². The number of hydrogen-bond donors (Lipinski definition) is 2. The maximum atomic E-state index is 13.3. The molecule has 1 aliphatic carbocycles. The largest absolute Gasteiger partial charge is 0.449 e. The summed E-state index contributed by atoms with van der Waals surface area (Å²) >= 11 is 1.65. The maximum Gasteiger partial charge on any atom is 0.339 e. The number of ether oxygens (including phenoxy) is 1. The molecule has 4 rings (SSSR count). The second-order valence-electron chi connectivity index (χ2n) is 7.49. The Kier molecular flexibility index (Phi) is 6.32. The van der Waals surface area contributed by atoms with E-state index >= 15 is 0 Å². The van der Waals surface area contributed by atoms with Gasteiger partial charge in [0.25, 0.3) is 5.91 Å². The second-order valence-corrected chi connectivity index (χ2v) is 8.46. The molecule has 32 heavy (non-hydrogen) atoms. The van der Waals surface area contributed by atoms with Crippen molar-refractivity contribution in [2.75, 3.05) is 7.05 Å². The molecule has 0 aliphatic heterocycles. The highest BCUT2D eigenvalue weighted by Crippen LogP contribution is 2.37. The van der Waals surface area contributed by atoms with Gasteiger partial charge in [0.15, 0.2) is 6.10 Å². The van der Waals surface area contributed by atoms with Crippen LogP contribution in [0.1, 0.15) is 46.3 Å². The summed E-state index contributed by atoms with van der Waals surface area (Å²) in [6.45, 7) is 1.44. The first kappa shape index (κ1) is 21.7. The van der Waals surface area contributed by atoms with Crippen LogP contribution < -0.4 is 10.6 Å². The van der Waals surface area contributed by atoms with Crippen LogP contribution in [0.15, 0.2) is 41.8 Å². The van der Waals surface area contributed by atoms with Crippen molar-refractivity contribution in [1.82, 2.24) is 15.6 Å². The molecule has 2 aromatic heterocycles. The van der Waals surface area contributed by atoms with Gasteiger partial charge in [0.2, 0.25) is 0 Å². The van der Waals surface area contributed by atoms with E-state index in [4.69, 9.17) is 9.72 Å². The van der Waals surface area contributed by atoms with Crippen LogP contribution in [-0.2, 0) is 16.0 Å². The molecule has 0 saturated carbocycles. The lowest BCUT2D eigenvalue weighted by Gasteiger charge is -2.23. The van der Waals surface area contributed by atoms with Crippen LogP contribution in [-0.4, -0.2) is 36.0 Å². The molecule has 0 radical (unpaired) electrons. The zero-order valence-corrected chi connectivity index (χ0v) is 18.6. The Balaban J connectivity index is 1.75. The predicted molar refractivity (Wildman–Crippen MR) is 124 cm³/mol. The molecule has 0 bridgehead atoms. The highest BCUT2D eigenvalue weighted by molar-refractivity contribution is 7.10. The van der Waals surface area contributed by atoms with Crippen molar-refractivity contribution in [2.24, 2.45) is 0 Å². The van der Waals surface area contributed by atoms with Crippen molar-refractivity contribution in [1.29, 1.82) is 0 Å². The number of hydrogen-bond acceptors (Lipinski definition) is 6. The normalized spacial score (nSPS) is 15.1. The van der Waals surface area contributed by atoms with Gasteiger partial charge in [0.1, 0.15) is 0 Å². The molecule has 7 nitrogen and oxygen atoms in total. The smallest absolute Gasteiger partial charge is 0.339 e. The predicted octanol–water partition coefficient (Wildman–Crippen LogP) is 4.17. The van der Waals surface area contributed by atoms with Crippen molar-refractivity contribution >= 4 is 51.8 Å². The molecular weight excluding hydrogens is 426 g/mol. The molecule has 3 amide bonds. The molecule has 1 unspecified atom stereocenters. The van der Waals surface area contributed by atoms with Crippen LogP contribution in [0.5, 0.6) is 0 Å². The number of imide groups is 1. The number of allylic oxidation sites excluding steroid dienone is 1. The van der Waals surface area contributed by atoms with Crippen molar-refractivity contribution in [3.8, 4) is 0 Å². The van der Waals surface area contributed by atoms with Gasteiger partial charge in [-0.1, -0.05) is 24.3 Å². The Labute approximate surface area is 189 Å². The highest BCUT2D eigenvalue weighted by atomic mass is 32.1. The Bertz CT molecular complexity index is 1220. The lowest BCUT2D eigenvalue weighted by molar-refractivity contribution is -0.127. The number of urea groups is 1. The van der Waals surface area contributed by atoms with Crippen molar-refractivity contribution in [3.05, 3.63) is 63.5 Å². The van der Waals surface area contributed by atoms with Crippen molar-refractivity contribution in [2.45, 2.75) is 32.3 Å². The molecule has 0 fully saturated rings. The quantitative estimate of drug-likeness (QED) is 0.583. The topological polar surface area (TPSA) is 97.4 Å². The van der Waals surface area contributed by atoms with Crippen molar-refractivity contribution < 1.29 is 19.1 Å². The first-order chi connectivity index (χ1) is 15.5. The summed E-state index contributed by atoms with van der Waals surface area (Å²) in [4.78, 5) is 42.9. The highest BCUT2D eigenvalue weighted by Gasteiger charge is 2.28. The molecule has 0 saturated heterocycles. The average Bonchev–Trinajstić information content (AvgIpc) is 3.30. The van der Waals surface area contributed by atoms with Gasteiger partial charge in [-0.3, -0.25) is 10.1 Å². The SMILES string of the molecule is CNC(=O)NC(=O)C(C)OC(=O)c1c2c(nc3ccccc13)/C(=C\c1cccs1)CCC2. The molecule has 1 aliphatic rings. The second kappa shape index (κ2) is 9.32. The van der Waals surface area contributed by atoms with Crippen LogP contribution in [0.4, 0.5) is 4.79 Å².